The summed E-state index contributed by atoms with van der Waals surface area (Å²) in [7, 11) is 0. The Morgan fingerprint density at radius 2 is 2.44 bits per heavy atom. The molecule has 1 aromatic heterocycles. The van der Waals surface area contributed by atoms with Crippen molar-refractivity contribution in [3.05, 3.63) is 33.6 Å². The molecule has 2 rings (SSSR count). The van der Waals surface area contributed by atoms with E-state index in [4.69, 9.17) is 4.74 Å². The van der Waals surface area contributed by atoms with Crippen molar-refractivity contribution in [2.75, 3.05) is 6.61 Å². The van der Waals surface area contributed by atoms with E-state index >= 15 is 0 Å². The van der Waals surface area contributed by atoms with Gasteiger partial charge in [-0.05, 0) is 25.3 Å². The van der Waals surface area contributed by atoms with Gasteiger partial charge in [0.1, 0.15) is 6.20 Å². The van der Waals surface area contributed by atoms with Gasteiger partial charge in [-0.1, -0.05) is 0 Å². The number of rotatable bonds is 4. The first-order chi connectivity index (χ1) is 8.61. The van der Waals surface area contributed by atoms with Crippen molar-refractivity contribution in [3.8, 4) is 0 Å². The van der Waals surface area contributed by atoms with Crippen molar-refractivity contribution in [2.45, 2.75) is 32.1 Å². The number of aryl methyl sites for hydroxylation is 1. The molecule has 0 N–H and O–H groups in total. The Morgan fingerprint density at radius 1 is 1.67 bits per heavy atom. The predicted molar refractivity (Wildman–Crippen MR) is 63.2 cm³/mol. The van der Waals surface area contributed by atoms with Gasteiger partial charge in [-0.15, -0.1) is 0 Å². The zero-order valence-electron chi connectivity index (χ0n) is 10.1. The standard InChI is InChI=1S/C12H14N2O4/c1-2-18-11(15)6-9-4-3-8-5-10(14(16)17)7-13-12(8)9/h5,7,9H,2-4,6H2,1H3/t9-/m0/s1. The van der Waals surface area contributed by atoms with Crippen LogP contribution in [0, 0.1) is 10.1 Å². The van der Waals surface area contributed by atoms with Crippen LogP contribution < -0.4 is 0 Å². The topological polar surface area (TPSA) is 82.3 Å². The molecular formula is C12H14N2O4. The molecule has 0 saturated carbocycles. The lowest BCUT2D eigenvalue weighted by atomic mass is 10.0. The van der Waals surface area contributed by atoms with Crippen LogP contribution in [-0.4, -0.2) is 22.5 Å². The Balaban J connectivity index is 2.14. The van der Waals surface area contributed by atoms with E-state index in [1.807, 2.05) is 0 Å². The van der Waals surface area contributed by atoms with Crippen LogP contribution in [0.15, 0.2) is 12.3 Å². The Kier molecular flexibility index (Phi) is 3.55. The highest BCUT2D eigenvalue weighted by molar-refractivity contribution is 5.70. The lowest BCUT2D eigenvalue weighted by molar-refractivity contribution is -0.385. The van der Waals surface area contributed by atoms with Gasteiger partial charge in [-0.2, -0.15) is 0 Å². The molecule has 0 amide bonds. The molecule has 1 aliphatic carbocycles. The van der Waals surface area contributed by atoms with Crippen LogP contribution in [0.25, 0.3) is 0 Å². The predicted octanol–water partition coefficient (Wildman–Crippen LogP) is 1.97. The van der Waals surface area contributed by atoms with Crippen molar-refractivity contribution >= 4 is 11.7 Å². The maximum absolute atomic E-state index is 11.4. The molecule has 1 atom stereocenters. The van der Waals surface area contributed by atoms with Gasteiger partial charge in [-0.3, -0.25) is 19.9 Å². The number of carbonyl (C=O) groups excluding carboxylic acids is 1. The Bertz CT molecular complexity index is 487. The van der Waals surface area contributed by atoms with Crippen LogP contribution in [0.1, 0.15) is 36.9 Å². The summed E-state index contributed by atoms with van der Waals surface area (Å²) in [6.07, 6.45) is 3.07. The van der Waals surface area contributed by atoms with Crippen molar-refractivity contribution in [1.82, 2.24) is 4.98 Å². The molecule has 0 bridgehead atoms. The number of carbonyl (C=O) groups is 1. The first-order valence-corrected chi connectivity index (χ1v) is 5.90. The van der Waals surface area contributed by atoms with E-state index in [-0.39, 0.29) is 17.6 Å². The van der Waals surface area contributed by atoms with Gasteiger partial charge < -0.3 is 4.74 Å². The largest absolute Gasteiger partial charge is 0.466 e. The summed E-state index contributed by atoms with van der Waals surface area (Å²) in [6, 6.07) is 1.55. The number of nitrogens with zero attached hydrogens (tertiary/aromatic N) is 2. The molecule has 1 aromatic rings. The van der Waals surface area contributed by atoms with E-state index in [1.165, 1.54) is 6.20 Å². The van der Waals surface area contributed by atoms with E-state index in [2.05, 4.69) is 4.98 Å². The number of aromatic nitrogens is 1. The monoisotopic (exact) mass is 250 g/mol. The Hall–Kier alpha value is -1.98. The number of nitro groups is 1. The van der Waals surface area contributed by atoms with Crippen LogP contribution in [0.4, 0.5) is 5.69 Å². The maximum atomic E-state index is 11.4. The molecule has 0 unspecified atom stereocenters. The van der Waals surface area contributed by atoms with E-state index in [0.717, 1.165) is 24.1 Å². The van der Waals surface area contributed by atoms with Crippen molar-refractivity contribution < 1.29 is 14.5 Å². The van der Waals surface area contributed by atoms with Gasteiger partial charge in [0.2, 0.25) is 0 Å². The van der Waals surface area contributed by atoms with Crippen molar-refractivity contribution in [1.29, 1.82) is 0 Å². The van der Waals surface area contributed by atoms with E-state index in [9.17, 15) is 14.9 Å². The third-order valence-corrected chi connectivity index (χ3v) is 3.07. The van der Waals surface area contributed by atoms with Crippen LogP contribution in [-0.2, 0) is 16.0 Å². The number of pyridine rings is 1. The number of hydrogen-bond acceptors (Lipinski definition) is 5. The summed E-state index contributed by atoms with van der Waals surface area (Å²) in [5, 5.41) is 10.6. The van der Waals surface area contributed by atoms with E-state index in [0.29, 0.717) is 13.0 Å². The molecule has 0 radical (unpaired) electrons. The lowest BCUT2D eigenvalue weighted by Gasteiger charge is -2.09. The summed E-state index contributed by atoms with van der Waals surface area (Å²) in [6.45, 7) is 2.13. The summed E-state index contributed by atoms with van der Waals surface area (Å²) in [5.74, 6) is -0.213. The number of fused-ring (bicyclic) bond motifs is 1. The van der Waals surface area contributed by atoms with Crippen molar-refractivity contribution in [3.63, 3.8) is 0 Å². The van der Waals surface area contributed by atoms with Crippen LogP contribution >= 0.6 is 0 Å². The smallest absolute Gasteiger partial charge is 0.306 e. The summed E-state index contributed by atoms with van der Waals surface area (Å²) in [4.78, 5) is 25.7. The molecule has 18 heavy (non-hydrogen) atoms. The van der Waals surface area contributed by atoms with Gasteiger partial charge in [0.15, 0.2) is 0 Å². The van der Waals surface area contributed by atoms with E-state index in [1.54, 1.807) is 13.0 Å². The highest BCUT2D eigenvalue weighted by atomic mass is 16.6. The summed E-state index contributed by atoms with van der Waals surface area (Å²) < 4.78 is 4.91. The van der Waals surface area contributed by atoms with Gasteiger partial charge in [0, 0.05) is 17.7 Å². The van der Waals surface area contributed by atoms with Gasteiger partial charge in [0.05, 0.1) is 18.0 Å². The molecule has 0 saturated heterocycles. The number of hydrogen-bond donors (Lipinski definition) is 0. The molecule has 1 heterocycles. The normalized spacial score (nSPS) is 17.3. The number of ether oxygens (including phenoxy) is 1. The van der Waals surface area contributed by atoms with Crippen LogP contribution in [0.3, 0.4) is 0 Å². The second-order valence-electron chi connectivity index (χ2n) is 4.24. The Labute approximate surface area is 104 Å². The first kappa shape index (κ1) is 12.5. The average Bonchev–Trinajstić information content (AvgIpc) is 2.72. The van der Waals surface area contributed by atoms with Crippen molar-refractivity contribution in [2.24, 2.45) is 0 Å². The van der Waals surface area contributed by atoms with E-state index < -0.39 is 4.92 Å². The van der Waals surface area contributed by atoms with Gasteiger partial charge >= 0.3 is 5.97 Å². The quantitative estimate of drug-likeness (QED) is 0.463. The Morgan fingerprint density at radius 3 is 3.11 bits per heavy atom. The fraction of sp³-hybridized carbons (Fsp3) is 0.500. The molecular weight excluding hydrogens is 236 g/mol. The lowest BCUT2D eigenvalue weighted by Crippen LogP contribution is -2.09. The third-order valence-electron chi connectivity index (χ3n) is 3.07. The summed E-state index contributed by atoms with van der Waals surface area (Å²) in [5.41, 5.74) is 1.68. The second-order valence-corrected chi connectivity index (χ2v) is 4.24. The zero-order chi connectivity index (χ0) is 13.1. The highest BCUT2D eigenvalue weighted by Crippen LogP contribution is 2.35. The minimum Gasteiger partial charge on any atom is -0.466 e. The summed E-state index contributed by atoms with van der Waals surface area (Å²) >= 11 is 0. The third kappa shape index (κ3) is 2.47. The molecule has 0 aromatic carbocycles. The van der Waals surface area contributed by atoms with Gasteiger partial charge in [0.25, 0.3) is 5.69 Å². The molecule has 6 heteroatoms. The zero-order valence-corrected chi connectivity index (χ0v) is 10.1. The minimum absolute atomic E-state index is 0.00512. The number of esters is 1. The molecule has 1 aliphatic rings. The minimum atomic E-state index is -0.452. The molecule has 0 fully saturated rings. The molecule has 0 aliphatic heterocycles. The van der Waals surface area contributed by atoms with Crippen LogP contribution in [0.2, 0.25) is 0 Å². The van der Waals surface area contributed by atoms with Gasteiger partial charge in [-0.25, -0.2) is 0 Å². The first-order valence-electron chi connectivity index (χ1n) is 5.90. The SMILES string of the molecule is CCOC(=O)C[C@@H]1CCc2cc([N+](=O)[O-])cnc21. The maximum Gasteiger partial charge on any atom is 0.306 e. The second kappa shape index (κ2) is 5.12. The fourth-order valence-electron chi connectivity index (χ4n) is 2.26. The fourth-order valence-corrected chi connectivity index (χ4v) is 2.26. The molecule has 0 spiro atoms. The molecule has 96 valence electrons. The highest BCUT2D eigenvalue weighted by Gasteiger charge is 2.28. The average molecular weight is 250 g/mol. The molecule has 6 nitrogen and oxygen atoms in total. The van der Waals surface area contributed by atoms with Crippen LogP contribution in [0.5, 0.6) is 0 Å².